The average molecular weight is 303 g/mol. The molecule has 1 N–H and O–H groups in total. The molecule has 1 saturated carbocycles. The fourth-order valence-corrected chi connectivity index (χ4v) is 4.45. The SMILES string of the molecule is O=C(C1CCC1)N1[C@@H]2CC[C@H]1CC(O)(c1ccc(F)cc1)C2. The second kappa shape index (κ2) is 5.05. The van der Waals surface area contributed by atoms with Crippen molar-refractivity contribution in [2.45, 2.75) is 62.6 Å². The van der Waals surface area contributed by atoms with Crippen molar-refractivity contribution in [3.8, 4) is 0 Å². The van der Waals surface area contributed by atoms with Crippen molar-refractivity contribution in [1.29, 1.82) is 0 Å². The first-order chi connectivity index (χ1) is 10.6. The lowest BCUT2D eigenvalue weighted by Crippen LogP contribution is -2.54. The van der Waals surface area contributed by atoms with Gasteiger partial charge in [-0.15, -0.1) is 0 Å². The molecule has 2 heterocycles. The monoisotopic (exact) mass is 303 g/mol. The molecule has 1 unspecified atom stereocenters. The van der Waals surface area contributed by atoms with Gasteiger partial charge in [-0.2, -0.15) is 0 Å². The number of halogens is 1. The fraction of sp³-hybridized carbons (Fsp3) is 0.611. The standard InChI is InChI=1S/C18H22FNO2/c19-14-6-4-13(5-7-14)18(22)10-15-8-9-16(11-18)20(15)17(21)12-2-1-3-12/h4-7,12,15-16,22H,1-3,8-11H2/t15-,16+,18?. The molecule has 3 aliphatic rings. The fourth-order valence-electron chi connectivity index (χ4n) is 4.45. The van der Waals surface area contributed by atoms with Gasteiger partial charge in [-0.05, 0) is 43.4 Å². The Morgan fingerprint density at radius 2 is 1.68 bits per heavy atom. The quantitative estimate of drug-likeness (QED) is 0.912. The van der Waals surface area contributed by atoms with Crippen molar-refractivity contribution in [1.82, 2.24) is 4.90 Å². The highest BCUT2D eigenvalue weighted by atomic mass is 19.1. The highest BCUT2D eigenvalue weighted by Gasteiger charge is 2.51. The van der Waals surface area contributed by atoms with Crippen LogP contribution >= 0.6 is 0 Å². The first-order valence-electron chi connectivity index (χ1n) is 8.37. The second-order valence-electron chi connectivity index (χ2n) is 7.21. The summed E-state index contributed by atoms with van der Waals surface area (Å²) in [4.78, 5) is 14.7. The van der Waals surface area contributed by atoms with E-state index in [2.05, 4.69) is 4.90 Å². The molecule has 0 spiro atoms. The number of benzene rings is 1. The van der Waals surface area contributed by atoms with Crippen LogP contribution in [0.2, 0.25) is 0 Å². The summed E-state index contributed by atoms with van der Waals surface area (Å²) in [5.74, 6) is 0.243. The van der Waals surface area contributed by atoms with E-state index in [0.29, 0.717) is 18.7 Å². The predicted molar refractivity (Wildman–Crippen MR) is 80.5 cm³/mol. The molecule has 22 heavy (non-hydrogen) atoms. The van der Waals surface area contributed by atoms with Crippen LogP contribution in [0.25, 0.3) is 0 Å². The minimum atomic E-state index is -0.921. The molecule has 3 fully saturated rings. The Kier molecular flexibility index (Phi) is 3.26. The lowest BCUT2D eigenvalue weighted by Gasteiger charge is -2.46. The summed E-state index contributed by atoms with van der Waals surface area (Å²) in [5.41, 5.74) is -0.142. The summed E-state index contributed by atoms with van der Waals surface area (Å²) >= 11 is 0. The summed E-state index contributed by atoms with van der Waals surface area (Å²) in [6.07, 6.45) is 6.33. The Morgan fingerprint density at radius 1 is 1.09 bits per heavy atom. The van der Waals surface area contributed by atoms with E-state index in [0.717, 1.165) is 31.2 Å². The Morgan fingerprint density at radius 3 is 2.18 bits per heavy atom. The number of carbonyl (C=O) groups excluding carboxylic acids is 1. The van der Waals surface area contributed by atoms with Crippen molar-refractivity contribution in [2.24, 2.45) is 5.92 Å². The lowest BCUT2D eigenvalue weighted by atomic mass is 9.78. The molecular weight excluding hydrogens is 281 g/mol. The number of carbonyl (C=O) groups is 1. The summed E-state index contributed by atoms with van der Waals surface area (Å²) < 4.78 is 13.1. The molecule has 3 nitrogen and oxygen atoms in total. The maximum Gasteiger partial charge on any atom is 0.226 e. The minimum Gasteiger partial charge on any atom is -0.385 e. The Bertz CT molecular complexity index is 567. The molecular formula is C18H22FNO2. The summed E-state index contributed by atoms with van der Waals surface area (Å²) in [7, 11) is 0. The largest absolute Gasteiger partial charge is 0.385 e. The second-order valence-corrected chi connectivity index (χ2v) is 7.21. The van der Waals surface area contributed by atoms with Gasteiger partial charge >= 0.3 is 0 Å². The number of piperidine rings is 1. The van der Waals surface area contributed by atoms with Gasteiger partial charge in [0.1, 0.15) is 5.82 Å². The molecule has 118 valence electrons. The molecule has 1 aromatic carbocycles. The summed E-state index contributed by atoms with van der Waals surface area (Å²) in [6, 6.07) is 6.45. The van der Waals surface area contributed by atoms with Gasteiger partial charge in [0.2, 0.25) is 5.91 Å². The van der Waals surface area contributed by atoms with Crippen LogP contribution in [-0.2, 0) is 10.4 Å². The van der Waals surface area contributed by atoms with Crippen molar-refractivity contribution < 1.29 is 14.3 Å². The third-order valence-corrected chi connectivity index (χ3v) is 5.86. The number of rotatable bonds is 2. The Hall–Kier alpha value is -1.42. The van der Waals surface area contributed by atoms with Crippen LogP contribution in [0, 0.1) is 11.7 Å². The maximum absolute atomic E-state index is 13.1. The van der Waals surface area contributed by atoms with E-state index >= 15 is 0 Å². The number of nitrogens with zero attached hydrogens (tertiary/aromatic N) is 1. The van der Waals surface area contributed by atoms with Crippen LogP contribution in [0.1, 0.15) is 50.5 Å². The topological polar surface area (TPSA) is 40.5 Å². The normalized spacial score (nSPS) is 34.5. The molecule has 0 aromatic heterocycles. The highest BCUT2D eigenvalue weighted by molar-refractivity contribution is 5.80. The van der Waals surface area contributed by atoms with Crippen molar-refractivity contribution in [3.05, 3.63) is 35.6 Å². The van der Waals surface area contributed by atoms with E-state index in [1.165, 1.54) is 18.6 Å². The van der Waals surface area contributed by atoms with Gasteiger partial charge in [-0.3, -0.25) is 4.79 Å². The molecule has 1 amide bonds. The van der Waals surface area contributed by atoms with Crippen LogP contribution in [-0.4, -0.2) is 28.0 Å². The van der Waals surface area contributed by atoms with E-state index in [-0.39, 0.29) is 23.8 Å². The Balaban J connectivity index is 1.56. The van der Waals surface area contributed by atoms with Crippen LogP contribution in [0.5, 0.6) is 0 Å². The number of amides is 1. The van der Waals surface area contributed by atoms with Gasteiger partial charge in [-0.1, -0.05) is 18.6 Å². The zero-order valence-electron chi connectivity index (χ0n) is 12.7. The molecule has 0 radical (unpaired) electrons. The predicted octanol–water partition coefficient (Wildman–Crippen LogP) is 2.97. The first-order valence-corrected chi connectivity index (χ1v) is 8.37. The number of hydrogen-bond acceptors (Lipinski definition) is 2. The smallest absolute Gasteiger partial charge is 0.226 e. The summed E-state index contributed by atoms with van der Waals surface area (Å²) in [6.45, 7) is 0. The van der Waals surface area contributed by atoms with Gasteiger partial charge < -0.3 is 10.0 Å². The van der Waals surface area contributed by atoms with Crippen LogP contribution in [0.15, 0.2) is 24.3 Å². The molecule has 4 rings (SSSR count). The molecule has 2 bridgehead atoms. The summed E-state index contributed by atoms with van der Waals surface area (Å²) in [5, 5.41) is 11.1. The van der Waals surface area contributed by atoms with E-state index < -0.39 is 5.60 Å². The molecule has 2 saturated heterocycles. The third kappa shape index (κ3) is 2.16. The van der Waals surface area contributed by atoms with Gasteiger partial charge in [0.05, 0.1) is 5.60 Å². The van der Waals surface area contributed by atoms with Gasteiger partial charge in [0.25, 0.3) is 0 Å². The van der Waals surface area contributed by atoms with E-state index in [9.17, 15) is 14.3 Å². The zero-order chi connectivity index (χ0) is 15.3. The average Bonchev–Trinajstić information content (AvgIpc) is 2.70. The number of hydrogen-bond donors (Lipinski definition) is 1. The molecule has 1 aliphatic carbocycles. The van der Waals surface area contributed by atoms with Crippen molar-refractivity contribution in [3.63, 3.8) is 0 Å². The van der Waals surface area contributed by atoms with Crippen LogP contribution in [0.3, 0.4) is 0 Å². The number of fused-ring (bicyclic) bond motifs is 2. The van der Waals surface area contributed by atoms with Crippen molar-refractivity contribution >= 4 is 5.91 Å². The first kappa shape index (κ1) is 14.2. The van der Waals surface area contributed by atoms with E-state index in [1.54, 1.807) is 12.1 Å². The third-order valence-electron chi connectivity index (χ3n) is 5.86. The van der Waals surface area contributed by atoms with E-state index in [1.807, 2.05) is 0 Å². The minimum absolute atomic E-state index is 0.141. The Labute approximate surface area is 130 Å². The molecule has 2 aliphatic heterocycles. The van der Waals surface area contributed by atoms with Crippen LogP contribution in [0.4, 0.5) is 4.39 Å². The maximum atomic E-state index is 13.1. The van der Waals surface area contributed by atoms with Gasteiger partial charge in [0, 0.05) is 30.8 Å². The zero-order valence-corrected chi connectivity index (χ0v) is 12.7. The molecule has 3 atom stereocenters. The van der Waals surface area contributed by atoms with Crippen molar-refractivity contribution in [2.75, 3.05) is 0 Å². The molecule has 1 aromatic rings. The van der Waals surface area contributed by atoms with Crippen LogP contribution < -0.4 is 0 Å². The molecule has 4 heteroatoms. The lowest BCUT2D eigenvalue weighted by molar-refractivity contribution is -0.149. The van der Waals surface area contributed by atoms with Gasteiger partial charge in [0.15, 0.2) is 0 Å². The number of aliphatic hydroxyl groups is 1. The van der Waals surface area contributed by atoms with E-state index in [4.69, 9.17) is 0 Å². The van der Waals surface area contributed by atoms with Gasteiger partial charge in [-0.25, -0.2) is 4.39 Å². The highest BCUT2D eigenvalue weighted by Crippen LogP contribution is 2.47.